The normalized spacial score (nSPS) is 11.3. The third-order valence-corrected chi connectivity index (χ3v) is 3.17. The highest BCUT2D eigenvalue weighted by Crippen LogP contribution is 2.37. The summed E-state index contributed by atoms with van der Waals surface area (Å²) in [6, 6.07) is 21.0. The van der Waals surface area contributed by atoms with Crippen molar-refractivity contribution in [2.75, 3.05) is 0 Å². The van der Waals surface area contributed by atoms with E-state index in [0.29, 0.717) is 11.4 Å². The highest BCUT2D eigenvalue weighted by Gasteiger charge is 2.05. The number of benzene rings is 3. The lowest BCUT2D eigenvalue weighted by Gasteiger charge is -2.00. The molecular formula is C18H14N4O2. The van der Waals surface area contributed by atoms with Crippen LogP contribution in [-0.4, -0.2) is 10.2 Å². The number of aromatic hydroxyl groups is 2. The molecule has 0 unspecified atom stereocenters. The SMILES string of the molecule is Oc1cccc(N=Nc2ccccc2N=Nc2ccccc2)c1O. The van der Waals surface area contributed by atoms with E-state index in [1.165, 1.54) is 6.07 Å². The van der Waals surface area contributed by atoms with Crippen LogP contribution in [0.2, 0.25) is 0 Å². The van der Waals surface area contributed by atoms with Crippen molar-refractivity contribution in [3.8, 4) is 11.5 Å². The molecule has 24 heavy (non-hydrogen) atoms. The number of nitrogens with zero attached hydrogens (tertiary/aromatic N) is 4. The van der Waals surface area contributed by atoms with Crippen molar-refractivity contribution >= 4 is 22.7 Å². The van der Waals surface area contributed by atoms with Crippen LogP contribution in [0.25, 0.3) is 0 Å². The zero-order chi connectivity index (χ0) is 16.8. The quantitative estimate of drug-likeness (QED) is 0.461. The molecule has 0 heterocycles. The Balaban J connectivity index is 1.88. The highest BCUT2D eigenvalue weighted by atomic mass is 16.3. The fraction of sp³-hybridized carbons (Fsp3) is 0. The molecule has 0 aromatic heterocycles. The van der Waals surface area contributed by atoms with E-state index < -0.39 is 0 Å². The molecule has 2 N–H and O–H groups in total. The van der Waals surface area contributed by atoms with Crippen LogP contribution < -0.4 is 0 Å². The van der Waals surface area contributed by atoms with E-state index in [1.807, 2.05) is 36.4 Å². The van der Waals surface area contributed by atoms with Crippen molar-refractivity contribution in [2.24, 2.45) is 20.5 Å². The van der Waals surface area contributed by atoms with E-state index in [-0.39, 0.29) is 17.2 Å². The third kappa shape index (κ3) is 3.61. The van der Waals surface area contributed by atoms with Crippen molar-refractivity contribution in [3.05, 3.63) is 72.8 Å². The van der Waals surface area contributed by atoms with E-state index in [4.69, 9.17) is 0 Å². The lowest BCUT2D eigenvalue weighted by atomic mass is 10.3. The summed E-state index contributed by atoms with van der Waals surface area (Å²) in [6.07, 6.45) is 0. The standard InChI is InChI=1S/C18H14N4O2/c23-17-12-6-11-16(18(17)24)22-21-15-10-5-4-9-14(15)20-19-13-7-2-1-3-8-13/h1-12,23-24H. The van der Waals surface area contributed by atoms with Gasteiger partial charge in [-0.05, 0) is 36.4 Å². The van der Waals surface area contributed by atoms with Crippen LogP contribution in [0.5, 0.6) is 11.5 Å². The first-order valence-corrected chi connectivity index (χ1v) is 7.22. The molecule has 0 saturated heterocycles. The summed E-state index contributed by atoms with van der Waals surface area (Å²) in [6.45, 7) is 0. The van der Waals surface area contributed by atoms with Crippen molar-refractivity contribution < 1.29 is 10.2 Å². The van der Waals surface area contributed by atoms with E-state index in [0.717, 1.165) is 5.69 Å². The average Bonchev–Trinajstić information content (AvgIpc) is 2.63. The van der Waals surface area contributed by atoms with Gasteiger partial charge in [0.05, 0.1) is 5.69 Å². The fourth-order valence-electron chi connectivity index (χ4n) is 1.95. The average molecular weight is 318 g/mol. The minimum absolute atomic E-state index is 0.171. The van der Waals surface area contributed by atoms with Crippen LogP contribution in [0.15, 0.2) is 93.3 Å². The van der Waals surface area contributed by atoms with Gasteiger partial charge in [-0.25, -0.2) is 0 Å². The van der Waals surface area contributed by atoms with Gasteiger partial charge in [-0.1, -0.05) is 36.4 Å². The van der Waals surface area contributed by atoms with Crippen LogP contribution in [0, 0.1) is 0 Å². The zero-order valence-electron chi connectivity index (χ0n) is 12.6. The molecule has 0 atom stereocenters. The van der Waals surface area contributed by atoms with Gasteiger partial charge in [0.1, 0.15) is 17.1 Å². The number of hydrogen-bond acceptors (Lipinski definition) is 6. The molecule has 3 rings (SSSR count). The van der Waals surface area contributed by atoms with Crippen molar-refractivity contribution in [2.45, 2.75) is 0 Å². The maximum Gasteiger partial charge on any atom is 0.185 e. The molecule has 0 radical (unpaired) electrons. The van der Waals surface area contributed by atoms with Crippen LogP contribution >= 0.6 is 0 Å². The largest absolute Gasteiger partial charge is 0.504 e. The molecule has 0 fully saturated rings. The van der Waals surface area contributed by atoms with Crippen molar-refractivity contribution in [1.29, 1.82) is 0 Å². The highest BCUT2D eigenvalue weighted by molar-refractivity contribution is 5.62. The predicted molar refractivity (Wildman–Crippen MR) is 91.0 cm³/mol. The lowest BCUT2D eigenvalue weighted by molar-refractivity contribution is 0.404. The molecule has 0 aliphatic carbocycles. The van der Waals surface area contributed by atoms with Crippen molar-refractivity contribution in [3.63, 3.8) is 0 Å². The van der Waals surface area contributed by atoms with E-state index in [9.17, 15) is 10.2 Å². The minimum atomic E-state index is -0.315. The molecule has 0 amide bonds. The van der Waals surface area contributed by atoms with E-state index in [1.54, 1.807) is 30.3 Å². The van der Waals surface area contributed by atoms with Gasteiger partial charge in [-0.2, -0.15) is 5.11 Å². The van der Waals surface area contributed by atoms with Gasteiger partial charge in [0.15, 0.2) is 11.5 Å². The number of rotatable bonds is 4. The van der Waals surface area contributed by atoms with Gasteiger partial charge < -0.3 is 10.2 Å². The fourth-order valence-corrected chi connectivity index (χ4v) is 1.95. The predicted octanol–water partition coefficient (Wildman–Crippen LogP) is 5.93. The molecule has 3 aromatic carbocycles. The lowest BCUT2D eigenvalue weighted by Crippen LogP contribution is -1.70. The zero-order valence-corrected chi connectivity index (χ0v) is 12.6. The smallest absolute Gasteiger partial charge is 0.185 e. The Hall–Kier alpha value is -3.54. The van der Waals surface area contributed by atoms with Crippen LogP contribution in [0.4, 0.5) is 22.7 Å². The first-order chi connectivity index (χ1) is 11.7. The summed E-state index contributed by atoms with van der Waals surface area (Å²) in [7, 11) is 0. The molecule has 0 aliphatic heterocycles. The molecule has 118 valence electrons. The van der Waals surface area contributed by atoms with Crippen LogP contribution in [0.3, 0.4) is 0 Å². The summed E-state index contributed by atoms with van der Waals surface area (Å²) in [5, 5.41) is 35.6. The molecule has 0 spiro atoms. The summed E-state index contributed by atoms with van der Waals surface area (Å²) in [4.78, 5) is 0. The Morgan fingerprint density at radius 2 is 1.04 bits per heavy atom. The van der Waals surface area contributed by atoms with Gasteiger partial charge in [-0.3, -0.25) is 0 Å². The number of phenolic OH excluding ortho intramolecular Hbond substituents is 2. The van der Waals surface area contributed by atoms with Gasteiger partial charge in [-0.15, -0.1) is 15.3 Å². The van der Waals surface area contributed by atoms with Gasteiger partial charge >= 0.3 is 0 Å². The molecular weight excluding hydrogens is 304 g/mol. The number of hydrogen-bond donors (Lipinski definition) is 2. The van der Waals surface area contributed by atoms with Gasteiger partial charge in [0, 0.05) is 0 Å². The summed E-state index contributed by atoms with van der Waals surface area (Å²) >= 11 is 0. The Morgan fingerprint density at radius 3 is 1.75 bits per heavy atom. The topological polar surface area (TPSA) is 89.9 Å². The first kappa shape index (κ1) is 15.4. The van der Waals surface area contributed by atoms with Gasteiger partial charge in [0.2, 0.25) is 0 Å². The Morgan fingerprint density at radius 1 is 0.500 bits per heavy atom. The Bertz CT molecular complexity index is 893. The van der Waals surface area contributed by atoms with E-state index in [2.05, 4.69) is 20.5 Å². The molecule has 3 aromatic rings. The van der Waals surface area contributed by atoms with Crippen molar-refractivity contribution in [1.82, 2.24) is 0 Å². The second-order valence-electron chi connectivity index (χ2n) is 4.87. The maximum absolute atomic E-state index is 9.75. The molecule has 6 heteroatoms. The molecule has 0 bridgehead atoms. The van der Waals surface area contributed by atoms with E-state index >= 15 is 0 Å². The number of azo groups is 2. The monoisotopic (exact) mass is 318 g/mol. The first-order valence-electron chi connectivity index (χ1n) is 7.22. The molecule has 0 saturated carbocycles. The van der Waals surface area contributed by atoms with Crippen LogP contribution in [-0.2, 0) is 0 Å². The van der Waals surface area contributed by atoms with Crippen LogP contribution in [0.1, 0.15) is 0 Å². The maximum atomic E-state index is 9.75. The summed E-state index contributed by atoms with van der Waals surface area (Å²) in [5.41, 5.74) is 1.95. The third-order valence-electron chi connectivity index (χ3n) is 3.17. The number of para-hydroxylation sites is 1. The minimum Gasteiger partial charge on any atom is -0.504 e. The molecule has 0 aliphatic rings. The Kier molecular flexibility index (Phi) is 4.57. The van der Waals surface area contributed by atoms with Gasteiger partial charge in [0.25, 0.3) is 0 Å². The summed E-state index contributed by atoms with van der Waals surface area (Å²) in [5.74, 6) is -0.562. The molecule has 6 nitrogen and oxygen atoms in total. The second kappa shape index (κ2) is 7.15. The Labute approximate surface area is 138 Å². The number of phenols is 2. The second-order valence-corrected chi connectivity index (χ2v) is 4.87. The summed E-state index contributed by atoms with van der Waals surface area (Å²) < 4.78 is 0.